The number of likely N-dealkylation sites (tertiary alicyclic amines) is 2. The number of carbonyl (C=O) groups excluding carboxylic acids is 3. The lowest BCUT2D eigenvalue weighted by Gasteiger charge is -2.31. The molecule has 1 aromatic rings. The fraction of sp³-hybridized carbons (Fsp3) is 0.667. The molecule has 190 valence electrons. The molecule has 4 fully saturated rings. The maximum absolute atomic E-state index is 13.8. The maximum Gasteiger partial charge on any atom is 0.251 e. The van der Waals surface area contributed by atoms with Crippen molar-refractivity contribution in [3.05, 3.63) is 35.4 Å². The first-order valence-corrected chi connectivity index (χ1v) is 13.0. The predicted molar refractivity (Wildman–Crippen MR) is 130 cm³/mol. The minimum atomic E-state index is -0.650. The zero-order valence-electron chi connectivity index (χ0n) is 20.8. The van der Waals surface area contributed by atoms with Crippen molar-refractivity contribution in [1.29, 1.82) is 0 Å². The lowest BCUT2D eigenvalue weighted by Crippen LogP contribution is -2.54. The Morgan fingerprint density at radius 2 is 1.77 bits per heavy atom. The SMILES string of the molecule is CO[C@@H]1CN(C(=O)[C@@H](NC(=O)c2ccc(C3CCN(C)CC3)cc2)C2CCCC2)[C@@H]2C(=O)CO[C@@H]21. The number of piperidine rings is 1. The molecule has 4 atom stereocenters. The fourth-order valence-electron chi connectivity index (χ4n) is 6.37. The number of Topliss-reactive ketones (excluding diaryl/α,β-unsaturated/α-hetero) is 1. The lowest BCUT2D eigenvalue weighted by atomic mass is 9.89. The van der Waals surface area contributed by atoms with Crippen LogP contribution in [-0.4, -0.2) is 92.1 Å². The Labute approximate surface area is 207 Å². The Hall–Kier alpha value is -2.29. The summed E-state index contributed by atoms with van der Waals surface area (Å²) in [6.45, 7) is 2.49. The summed E-state index contributed by atoms with van der Waals surface area (Å²) in [5.74, 6) is 0.0743. The van der Waals surface area contributed by atoms with Crippen LogP contribution >= 0.6 is 0 Å². The normalized spacial score (nSPS) is 28.9. The molecule has 0 aromatic heterocycles. The van der Waals surface area contributed by atoms with E-state index in [0.29, 0.717) is 18.0 Å². The molecular weight excluding hydrogens is 446 g/mol. The molecule has 3 aliphatic heterocycles. The van der Waals surface area contributed by atoms with E-state index >= 15 is 0 Å². The van der Waals surface area contributed by atoms with Crippen LogP contribution in [-0.2, 0) is 19.1 Å². The molecule has 0 bridgehead atoms. The smallest absolute Gasteiger partial charge is 0.251 e. The average molecular weight is 484 g/mol. The van der Waals surface area contributed by atoms with Gasteiger partial charge in [-0.1, -0.05) is 25.0 Å². The molecule has 1 aliphatic carbocycles. The van der Waals surface area contributed by atoms with E-state index in [1.807, 2.05) is 12.1 Å². The van der Waals surface area contributed by atoms with Crippen LogP contribution in [0.3, 0.4) is 0 Å². The number of hydrogen-bond acceptors (Lipinski definition) is 6. The van der Waals surface area contributed by atoms with E-state index < -0.39 is 18.2 Å². The van der Waals surface area contributed by atoms with Gasteiger partial charge in [0.25, 0.3) is 5.91 Å². The van der Waals surface area contributed by atoms with Crippen LogP contribution < -0.4 is 5.32 Å². The average Bonchev–Trinajstić information content (AvgIpc) is 3.62. The van der Waals surface area contributed by atoms with Crippen molar-refractivity contribution in [2.75, 3.05) is 40.4 Å². The number of fused-ring (bicyclic) bond motifs is 1. The largest absolute Gasteiger partial charge is 0.377 e. The molecule has 1 saturated carbocycles. The molecule has 0 spiro atoms. The second kappa shape index (κ2) is 10.4. The highest BCUT2D eigenvalue weighted by Crippen LogP contribution is 2.34. The van der Waals surface area contributed by atoms with Crippen LogP contribution in [0.5, 0.6) is 0 Å². The van der Waals surface area contributed by atoms with Gasteiger partial charge in [0.1, 0.15) is 30.9 Å². The fourth-order valence-corrected chi connectivity index (χ4v) is 6.37. The zero-order chi connectivity index (χ0) is 24.5. The zero-order valence-corrected chi connectivity index (χ0v) is 20.8. The van der Waals surface area contributed by atoms with Gasteiger partial charge in [0.15, 0.2) is 5.78 Å². The number of nitrogens with zero attached hydrogens (tertiary/aromatic N) is 2. The molecule has 1 N–H and O–H groups in total. The van der Waals surface area contributed by atoms with E-state index in [1.54, 1.807) is 12.0 Å². The Balaban J connectivity index is 1.30. The number of benzene rings is 1. The summed E-state index contributed by atoms with van der Waals surface area (Å²) in [6.07, 6.45) is 5.38. The predicted octanol–water partition coefficient (Wildman–Crippen LogP) is 1.98. The molecule has 3 heterocycles. The molecule has 8 nitrogen and oxygen atoms in total. The van der Waals surface area contributed by atoms with E-state index in [9.17, 15) is 14.4 Å². The number of hydrogen-bond donors (Lipinski definition) is 1. The topological polar surface area (TPSA) is 88.2 Å². The van der Waals surface area contributed by atoms with Crippen molar-refractivity contribution in [2.45, 2.75) is 68.7 Å². The number of ether oxygens (including phenoxy) is 2. The Bertz CT molecular complexity index is 937. The van der Waals surface area contributed by atoms with Gasteiger partial charge in [-0.25, -0.2) is 0 Å². The molecule has 5 rings (SSSR count). The second-order valence-corrected chi connectivity index (χ2v) is 10.6. The van der Waals surface area contributed by atoms with Gasteiger partial charge in [-0.05, 0) is 75.4 Å². The van der Waals surface area contributed by atoms with Crippen LogP contribution in [0, 0.1) is 5.92 Å². The van der Waals surface area contributed by atoms with Crippen molar-refractivity contribution < 1.29 is 23.9 Å². The maximum atomic E-state index is 13.8. The summed E-state index contributed by atoms with van der Waals surface area (Å²) < 4.78 is 11.2. The Kier molecular flexibility index (Phi) is 7.23. The highest BCUT2D eigenvalue weighted by Gasteiger charge is 2.54. The van der Waals surface area contributed by atoms with Gasteiger partial charge in [-0.3, -0.25) is 14.4 Å². The molecule has 2 amide bonds. The second-order valence-electron chi connectivity index (χ2n) is 10.6. The standard InChI is InChI=1S/C27H37N3O5/c1-29-13-11-18(12-14-29)17-7-9-20(10-8-17)26(32)28-23(19-5-3-4-6-19)27(33)30-15-22(34-2)25-24(30)21(31)16-35-25/h7-10,18-19,22-25H,3-6,11-16H2,1-2H3,(H,28,32)/t22-,23+,24-,25-/m1/s1. The lowest BCUT2D eigenvalue weighted by molar-refractivity contribution is -0.139. The number of carbonyl (C=O) groups is 3. The molecular formula is C27H37N3O5. The van der Waals surface area contributed by atoms with E-state index in [1.165, 1.54) is 5.56 Å². The number of nitrogens with one attached hydrogen (secondary N) is 1. The first-order valence-electron chi connectivity index (χ1n) is 13.0. The highest BCUT2D eigenvalue weighted by molar-refractivity contribution is 5.99. The summed E-state index contributed by atoms with van der Waals surface area (Å²) in [5.41, 5.74) is 1.83. The van der Waals surface area contributed by atoms with Gasteiger partial charge >= 0.3 is 0 Å². The van der Waals surface area contributed by atoms with Gasteiger partial charge in [0.05, 0.1) is 6.54 Å². The minimum Gasteiger partial charge on any atom is -0.377 e. The van der Waals surface area contributed by atoms with Crippen molar-refractivity contribution in [1.82, 2.24) is 15.1 Å². The summed E-state index contributed by atoms with van der Waals surface area (Å²) >= 11 is 0. The Morgan fingerprint density at radius 3 is 2.43 bits per heavy atom. The third kappa shape index (κ3) is 4.88. The van der Waals surface area contributed by atoms with Gasteiger partial charge in [0.2, 0.25) is 5.91 Å². The summed E-state index contributed by atoms with van der Waals surface area (Å²) in [4.78, 5) is 43.5. The van der Waals surface area contributed by atoms with Crippen LogP contribution in [0.15, 0.2) is 24.3 Å². The first kappa shape index (κ1) is 24.4. The third-order valence-corrected chi connectivity index (χ3v) is 8.51. The van der Waals surface area contributed by atoms with Crippen LogP contribution in [0.2, 0.25) is 0 Å². The van der Waals surface area contributed by atoms with Gasteiger partial charge in [0, 0.05) is 12.7 Å². The number of methoxy groups -OCH3 is 1. The quantitative estimate of drug-likeness (QED) is 0.666. The summed E-state index contributed by atoms with van der Waals surface area (Å²) in [6, 6.07) is 6.59. The van der Waals surface area contributed by atoms with Crippen molar-refractivity contribution >= 4 is 17.6 Å². The molecule has 0 unspecified atom stereocenters. The third-order valence-electron chi connectivity index (χ3n) is 8.51. The van der Waals surface area contributed by atoms with E-state index in [0.717, 1.165) is 51.6 Å². The number of rotatable bonds is 6. The van der Waals surface area contributed by atoms with E-state index in [-0.39, 0.29) is 36.2 Å². The van der Waals surface area contributed by atoms with Crippen molar-refractivity contribution in [3.8, 4) is 0 Å². The Morgan fingerprint density at radius 1 is 1.09 bits per heavy atom. The van der Waals surface area contributed by atoms with Gasteiger partial charge in [-0.2, -0.15) is 0 Å². The highest BCUT2D eigenvalue weighted by atomic mass is 16.5. The molecule has 3 saturated heterocycles. The van der Waals surface area contributed by atoms with Crippen LogP contribution in [0.4, 0.5) is 0 Å². The molecule has 35 heavy (non-hydrogen) atoms. The molecule has 4 aliphatic rings. The van der Waals surface area contributed by atoms with Crippen molar-refractivity contribution in [2.24, 2.45) is 5.92 Å². The number of amides is 2. The summed E-state index contributed by atoms with van der Waals surface area (Å²) in [7, 11) is 3.73. The van der Waals surface area contributed by atoms with Crippen LogP contribution in [0.25, 0.3) is 0 Å². The minimum absolute atomic E-state index is 0.00303. The number of ketones is 1. The molecule has 8 heteroatoms. The van der Waals surface area contributed by atoms with Crippen molar-refractivity contribution in [3.63, 3.8) is 0 Å². The van der Waals surface area contributed by atoms with Gasteiger partial charge < -0.3 is 24.6 Å². The monoisotopic (exact) mass is 483 g/mol. The van der Waals surface area contributed by atoms with E-state index in [4.69, 9.17) is 9.47 Å². The van der Waals surface area contributed by atoms with Crippen LogP contribution in [0.1, 0.15) is 60.4 Å². The molecule has 1 aromatic carbocycles. The van der Waals surface area contributed by atoms with Gasteiger partial charge in [-0.15, -0.1) is 0 Å². The van der Waals surface area contributed by atoms with E-state index in [2.05, 4.69) is 29.4 Å². The summed E-state index contributed by atoms with van der Waals surface area (Å²) in [5, 5.41) is 3.05. The first-order chi connectivity index (χ1) is 17.0. The molecule has 0 radical (unpaired) electrons.